The van der Waals surface area contributed by atoms with Gasteiger partial charge in [-0.1, -0.05) is 6.07 Å². The zero-order chi connectivity index (χ0) is 11.6. The van der Waals surface area contributed by atoms with Gasteiger partial charge in [0.25, 0.3) is 5.92 Å². The second kappa shape index (κ2) is 4.25. The molecule has 0 atom stereocenters. The van der Waals surface area contributed by atoms with Crippen LogP contribution in [-0.4, -0.2) is 24.9 Å². The van der Waals surface area contributed by atoms with E-state index in [1.54, 1.807) is 6.07 Å². The second-order valence-corrected chi connectivity index (χ2v) is 3.51. The summed E-state index contributed by atoms with van der Waals surface area (Å²) >= 11 is 0. The molecule has 0 radical (unpaired) electrons. The van der Waals surface area contributed by atoms with Crippen molar-refractivity contribution in [1.82, 2.24) is 0 Å². The Morgan fingerprint density at radius 3 is 2.75 bits per heavy atom. The van der Waals surface area contributed by atoms with Crippen LogP contribution >= 0.6 is 0 Å². The maximum absolute atomic E-state index is 13.6. The number of para-hydroxylation sites is 1. The largest absolute Gasteiger partial charge is 0.486 e. The first-order chi connectivity index (χ1) is 7.65. The van der Waals surface area contributed by atoms with E-state index in [4.69, 9.17) is 14.6 Å². The number of rotatable bonds is 3. The van der Waals surface area contributed by atoms with E-state index in [1.807, 2.05) is 0 Å². The molecule has 0 bridgehead atoms. The minimum absolute atomic E-state index is 0.0900. The molecule has 1 N–H and O–H groups in total. The van der Waals surface area contributed by atoms with Gasteiger partial charge in [0.15, 0.2) is 11.5 Å². The number of aliphatic hydroxyl groups excluding tert-OH is 1. The summed E-state index contributed by atoms with van der Waals surface area (Å²) in [5, 5.41) is 8.62. The zero-order valence-electron chi connectivity index (χ0n) is 8.58. The van der Waals surface area contributed by atoms with Crippen LogP contribution in [0, 0.1) is 0 Å². The van der Waals surface area contributed by atoms with Crippen LogP contribution in [0.1, 0.15) is 12.0 Å². The maximum atomic E-state index is 13.6. The van der Waals surface area contributed by atoms with Gasteiger partial charge < -0.3 is 14.6 Å². The van der Waals surface area contributed by atoms with Crippen molar-refractivity contribution in [3.63, 3.8) is 0 Å². The fourth-order valence-electron chi connectivity index (χ4n) is 1.64. The maximum Gasteiger partial charge on any atom is 0.279 e. The molecule has 0 amide bonds. The summed E-state index contributed by atoms with van der Waals surface area (Å²) in [4.78, 5) is 0. The lowest BCUT2D eigenvalue weighted by Crippen LogP contribution is -2.21. The Bertz CT molecular complexity index is 379. The van der Waals surface area contributed by atoms with Crippen molar-refractivity contribution < 1.29 is 23.4 Å². The molecular formula is C11H12F2O3. The van der Waals surface area contributed by atoms with Crippen LogP contribution < -0.4 is 9.47 Å². The minimum Gasteiger partial charge on any atom is -0.486 e. The predicted molar refractivity (Wildman–Crippen MR) is 53.0 cm³/mol. The molecule has 0 saturated heterocycles. The van der Waals surface area contributed by atoms with E-state index >= 15 is 0 Å². The van der Waals surface area contributed by atoms with E-state index in [-0.39, 0.29) is 17.9 Å². The number of benzene rings is 1. The Morgan fingerprint density at radius 1 is 1.25 bits per heavy atom. The highest BCUT2D eigenvalue weighted by Gasteiger charge is 2.36. The standard InChI is InChI=1S/C11H12F2O3/c12-11(13,4-5-14)8-2-1-3-9-10(8)16-7-6-15-9/h1-3,14H,4-7H2. The molecule has 0 aliphatic carbocycles. The van der Waals surface area contributed by atoms with Gasteiger partial charge in [0, 0.05) is 13.0 Å². The van der Waals surface area contributed by atoms with Crippen LogP contribution in [-0.2, 0) is 5.92 Å². The topological polar surface area (TPSA) is 38.7 Å². The van der Waals surface area contributed by atoms with E-state index in [9.17, 15) is 8.78 Å². The first-order valence-corrected chi connectivity index (χ1v) is 5.03. The van der Waals surface area contributed by atoms with E-state index in [0.29, 0.717) is 12.4 Å². The summed E-state index contributed by atoms with van der Waals surface area (Å²) in [5.41, 5.74) is -0.223. The monoisotopic (exact) mass is 230 g/mol. The van der Waals surface area contributed by atoms with Gasteiger partial charge in [-0.25, -0.2) is 8.78 Å². The number of alkyl halides is 2. The van der Waals surface area contributed by atoms with Crippen LogP contribution in [0.2, 0.25) is 0 Å². The predicted octanol–water partition coefficient (Wildman–Crippen LogP) is 1.93. The average Bonchev–Trinajstić information content (AvgIpc) is 2.28. The average molecular weight is 230 g/mol. The summed E-state index contributed by atoms with van der Waals surface area (Å²) in [5.74, 6) is -2.67. The SMILES string of the molecule is OCCC(F)(F)c1cccc2c1OCCO2. The highest BCUT2D eigenvalue weighted by Crippen LogP contribution is 2.43. The quantitative estimate of drug-likeness (QED) is 0.862. The highest BCUT2D eigenvalue weighted by molar-refractivity contribution is 5.49. The van der Waals surface area contributed by atoms with Gasteiger partial charge in [-0.3, -0.25) is 0 Å². The lowest BCUT2D eigenvalue weighted by Gasteiger charge is -2.24. The molecule has 0 aromatic heterocycles. The number of hydrogen-bond acceptors (Lipinski definition) is 3. The Labute approximate surface area is 91.6 Å². The zero-order valence-corrected chi connectivity index (χ0v) is 8.58. The smallest absolute Gasteiger partial charge is 0.279 e. The Morgan fingerprint density at radius 2 is 2.00 bits per heavy atom. The number of fused-ring (bicyclic) bond motifs is 1. The highest BCUT2D eigenvalue weighted by atomic mass is 19.3. The fraction of sp³-hybridized carbons (Fsp3) is 0.455. The van der Waals surface area contributed by atoms with Crippen molar-refractivity contribution in [2.24, 2.45) is 0 Å². The minimum atomic E-state index is -3.10. The second-order valence-electron chi connectivity index (χ2n) is 3.51. The molecule has 0 unspecified atom stereocenters. The first-order valence-electron chi connectivity index (χ1n) is 5.03. The normalized spacial score (nSPS) is 14.9. The summed E-state index contributed by atoms with van der Waals surface area (Å²) < 4.78 is 37.7. The summed E-state index contributed by atoms with van der Waals surface area (Å²) in [7, 11) is 0. The molecule has 1 heterocycles. The molecule has 16 heavy (non-hydrogen) atoms. The molecule has 1 aliphatic heterocycles. The van der Waals surface area contributed by atoms with Gasteiger partial charge in [0.2, 0.25) is 0 Å². The van der Waals surface area contributed by atoms with E-state index < -0.39 is 19.0 Å². The summed E-state index contributed by atoms with van der Waals surface area (Å²) in [6, 6.07) is 4.38. The van der Waals surface area contributed by atoms with Crippen molar-refractivity contribution in [1.29, 1.82) is 0 Å². The Balaban J connectivity index is 2.40. The molecule has 0 spiro atoms. The first kappa shape index (κ1) is 11.1. The third-order valence-electron chi connectivity index (χ3n) is 2.39. The Hall–Kier alpha value is -1.36. The van der Waals surface area contributed by atoms with Crippen molar-refractivity contribution in [2.75, 3.05) is 19.8 Å². The number of hydrogen-bond donors (Lipinski definition) is 1. The number of aliphatic hydroxyl groups is 1. The van der Waals surface area contributed by atoms with Gasteiger partial charge >= 0.3 is 0 Å². The summed E-state index contributed by atoms with van der Waals surface area (Å²) in [6.07, 6.45) is -0.618. The van der Waals surface area contributed by atoms with Crippen molar-refractivity contribution >= 4 is 0 Å². The molecule has 0 saturated carbocycles. The number of halogens is 2. The van der Waals surface area contributed by atoms with Crippen LogP contribution in [0.3, 0.4) is 0 Å². The molecule has 3 nitrogen and oxygen atoms in total. The van der Waals surface area contributed by atoms with Crippen LogP contribution in [0.4, 0.5) is 8.78 Å². The lowest BCUT2D eigenvalue weighted by atomic mass is 10.0. The van der Waals surface area contributed by atoms with Gasteiger partial charge in [-0.15, -0.1) is 0 Å². The molecule has 0 fully saturated rings. The van der Waals surface area contributed by atoms with Crippen molar-refractivity contribution in [3.8, 4) is 11.5 Å². The molecule has 1 aliphatic rings. The van der Waals surface area contributed by atoms with Crippen LogP contribution in [0.25, 0.3) is 0 Å². The lowest BCUT2D eigenvalue weighted by molar-refractivity contribution is -0.0304. The van der Waals surface area contributed by atoms with Gasteiger partial charge in [0.05, 0.1) is 5.56 Å². The van der Waals surface area contributed by atoms with Crippen molar-refractivity contribution in [2.45, 2.75) is 12.3 Å². The van der Waals surface area contributed by atoms with Gasteiger partial charge in [-0.2, -0.15) is 0 Å². The van der Waals surface area contributed by atoms with E-state index in [1.165, 1.54) is 12.1 Å². The molecule has 2 rings (SSSR count). The fourth-order valence-corrected chi connectivity index (χ4v) is 1.64. The van der Waals surface area contributed by atoms with Gasteiger partial charge in [0.1, 0.15) is 13.2 Å². The van der Waals surface area contributed by atoms with Crippen molar-refractivity contribution in [3.05, 3.63) is 23.8 Å². The van der Waals surface area contributed by atoms with Crippen LogP contribution in [0.15, 0.2) is 18.2 Å². The van der Waals surface area contributed by atoms with E-state index in [0.717, 1.165) is 0 Å². The third-order valence-corrected chi connectivity index (χ3v) is 2.39. The van der Waals surface area contributed by atoms with Crippen LogP contribution in [0.5, 0.6) is 11.5 Å². The molecular weight excluding hydrogens is 218 g/mol. The van der Waals surface area contributed by atoms with E-state index in [2.05, 4.69) is 0 Å². The molecule has 5 heteroatoms. The molecule has 88 valence electrons. The summed E-state index contributed by atoms with van der Waals surface area (Å²) in [6.45, 7) is 0.0543. The van der Waals surface area contributed by atoms with Gasteiger partial charge in [-0.05, 0) is 12.1 Å². The Kier molecular flexibility index (Phi) is 2.96. The molecule has 1 aromatic rings. The number of ether oxygens (including phenoxy) is 2. The third kappa shape index (κ3) is 1.95. The molecule has 1 aromatic carbocycles.